The van der Waals surface area contributed by atoms with Crippen LogP contribution in [0.15, 0.2) is 90.4 Å². The molecule has 1 atom stereocenters. The summed E-state index contributed by atoms with van der Waals surface area (Å²) in [6.07, 6.45) is 1.67. The Labute approximate surface area is 245 Å². The van der Waals surface area contributed by atoms with Crippen molar-refractivity contribution in [2.45, 2.75) is 18.7 Å². The summed E-state index contributed by atoms with van der Waals surface area (Å²) in [5, 5.41) is 9.38. The van der Waals surface area contributed by atoms with E-state index in [1.54, 1.807) is 29.1 Å². The van der Waals surface area contributed by atoms with E-state index in [2.05, 4.69) is 10.3 Å². The Balaban J connectivity index is 1.52. The van der Waals surface area contributed by atoms with Gasteiger partial charge in [0.05, 0.1) is 33.8 Å². The van der Waals surface area contributed by atoms with Crippen LogP contribution in [0, 0.1) is 12.7 Å². The van der Waals surface area contributed by atoms with E-state index in [9.17, 15) is 9.59 Å². The van der Waals surface area contributed by atoms with E-state index < -0.39 is 5.25 Å². The van der Waals surface area contributed by atoms with E-state index in [0.717, 1.165) is 16.1 Å². The van der Waals surface area contributed by atoms with Crippen LogP contribution in [0.25, 0.3) is 16.3 Å². The third-order valence-corrected chi connectivity index (χ3v) is 8.98. The first-order valence-corrected chi connectivity index (χ1v) is 15.0. The zero-order valence-corrected chi connectivity index (χ0v) is 23.8. The number of rotatable bonds is 7. The maximum absolute atomic E-state index is 15.3. The zero-order valence-electron chi connectivity index (χ0n) is 22.2. The van der Waals surface area contributed by atoms with Gasteiger partial charge in [-0.05, 0) is 48.2 Å². The van der Waals surface area contributed by atoms with E-state index in [-0.39, 0.29) is 36.5 Å². The fourth-order valence-corrected chi connectivity index (χ4v) is 6.85. The fraction of sp³-hybridized carbons (Fsp3) is 0.161. The average Bonchev–Trinajstić information content (AvgIpc) is 3.63. The SMILES string of the molecule is Cc1ccccc1-n1nc(-c2cccs2)c2c1N(CC(=O)NCc1ccccn1)C(=O)CSC2c1ccccc1F. The minimum absolute atomic E-state index is 0.0683. The van der Waals surface area contributed by atoms with Crippen molar-refractivity contribution in [2.24, 2.45) is 0 Å². The number of anilines is 1. The number of thioether (sulfide) groups is 1. The highest BCUT2D eigenvalue weighted by Gasteiger charge is 2.38. The highest BCUT2D eigenvalue weighted by atomic mass is 32.2. The van der Waals surface area contributed by atoms with E-state index in [1.807, 2.05) is 66.9 Å². The van der Waals surface area contributed by atoms with Gasteiger partial charge in [-0.15, -0.1) is 23.1 Å². The van der Waals surface area contributed by atoms with E-state index in [1.165, 1.54) is 34.1 Å². The summed E-state index contributed by atoms with van der Waals surface area (Å²) in [7, 11) is 0. The molecule has 4 heterocycles. The standard InChI is InChI=1S/C31H26FN5O2S2/c1-20-9-2-5-13-24(20)37-31-28(29(35-37)25-14-8-16-40-25)30(22-11-3-4-12-23(22)32)41-19-27(39)36(31)18-26(38)34-17-21-10-6-7-15-33-21/h2-16,30H,17-19H2,1H3,(H,34,38). The maximum Gasteiger partial charge on any atom is 0.240 e. The number of carbonyl (C=O) groups is 2. The van der Waals surface area contributed by atoms with Crippen LogP contribution in [0.3, 0.4) is 0 Å². The highest BCUT2D eigenvalue weighted by Crippen LogP contribution is 2.49. The molecule has 2 aromatic carbocycles. The van der Waals surface area contributed by atoms with Gasteiger partial charge in [-0.25, -0.2) is 9.07 Å². The van der Waals surface area contributed by atoms with Crippen molar-refractivity contribution in [3.8, 4) is 16.3 Å². The van der Waals surface area contributed by atoms with Gasteiger partial charge in [-0.3, -0.25) is 19.5 Å². The summed E-state index contributed by atoms with van der Waals surface area (Å²) in [4.78, 5) is 33.7. The summed E-state index contributed by atoms with van der Waals surface area (Å²) in [5.41, 5.74) is 4.26. The van der Waals surface area contributed by atoms with Gasteiger partial charge in [0.1, 0.15) is 23.9 Å². The first kappa shape index (κ1) is 26.9. The van der Waals surface area contributed by atoms with Crippen molar-refractivity contribution in [3.63, 3.8) is 0 Å². The molecular weight excluding hydrogens is 558 g/mol. The Morgan fingerprint density at radius 3 is 2.61 bits per heavy atom. The predicted molar refractivity (Wildman–Crippen MR) is 161 cm³/mol. The lowest BCUT2D eigenvalue weighted by atomic mass is 10.0. The van der Waals surface area contributed by atoms with Crippen LogP contribution in [0.1, 0.15) is 27.6 Å². The number of amides is 2. The summed E-state index contributed by atoms with van der Waals surface area (Å²) < 4.78 is 17.1. The van der Waals surface area contributed by atoms with Crippen LogP contribution in [0.2, 0.25) is 0 Å². The molecule has 206 valence electrons. The van der Waals surface area contributed by atoms with Gasteiger partial charge in [-0.2, -0.15) is 5.10 Å². The van der Waals surface area contributed by atoms with Gasteiger partial charge >= 0.3 is 0 Å². The second-order valence-electron chi connectivity index (χ2n) is 9.55. The smallest absolute Gasteiger partial charge is 0.240 e. The number of hydrogen-bond donors (Lipinski definition) is 1. The number of pyridine rings is 1. The molecule has 7 nitrogen and oxygen atoms in total. The molecule has 41 heavy (non-hydrogen) atoms. The quantitative estimate of drug-likeness (QED) is 0.257. The highest BCUT2D eigenvalue weighted by molar-refractivity contribution is 8.00. The van der Waals surface area contributed by atoms with Crippen LogP contribution in [-0.2, 0) is 16.1 Å². The molecule has 1 aliphatic rings. The van der Waals surface area contributed by atoms with Gasteiger partial charge in [0, 0.05) is 17.3 Å². The number of halogens is 1. The number of aromatic nitrogens is 3. The number of hydrogen-bond acceptors (Lipinski definition) is 6. The molecule has 6 rings (SSSR count). The number of thiophene rings is 1. The Morgan fingerprint density at radius 2 is 1.85 bits per heavy atom. The minimum Gasteiger partial charge on any atom is -0.349 e. The second kappa shape index (κ2) is 11.7. The number of benzene rings is 2. The van der Waals surface area contributed by atoms with Crippen LogP contribution in [0.5, 0.6) is 0 Å². The minimum atomic E-state index is -0.522. The number of aryl methyl sites for hydroxylation is 1. The van der Waals surface area contributed by atoms with E-state index in [4.69, 9.17) is 5.10 Å². The lowest BCUT2D eigenvalue weighted by Crippen LogP contribution is -2.42. The molecule has 3 aromatic heterocycles. The van der Waals surface area contributed by atoms with Gasteiger partial charge in [0.25, 0.3) is 0 Å². The molecule has 1 N–H and O–H groups in total. The Hall–Kier alpha value is -4.28. The third kappa shape index (κ3) is 5.40. The fourth-order valence-electron chi connectivity index (χ4n) is 4.91. The van der Waals surface area contributed by atoms with Crippen molar-refractivity contribution in [1.82, 2.24) is 20.1 Å². The number of para-hydroxylation sites is 1. The molecule has 0 saturated heterocycles. The second-order valence-corrected chi connectivity index (χ2v) is 11.6. The zero-order chi connectivity index (χ0) is 28.3. The first-order valence-electron chi connectivity index (χ1n) is 13.1. The predicted octanol–water partition coefficient (Wildman–Crippen LogP) is 5.93. The normalized spacial score (nSPS) is 14.9. The molecule has 0 bridgehead atoms. The Morgan fingerprint density at radius 1 is 1.05 bits per heavy atom. The molecule has 0 saturated carbocycles. The summed E-state index contributed by atoms with van der Waals surface area (Å²) in [6, 6.07) is 23.8. The van der Waals surface area contributed by atoms with Crippen LogP contribution < -0.4 is 10.2 Å². The number of fused-ring (bicyclic) bond motifs is 1. The lowest BCUT2D eigenvalue weighted by molar-refractivity contribution is -0.123. The van der Waals surface area contributed by atoms with Gasteiger partial charge in [0.15, 0.2) is 0 Å². The molecular formula is C31H26FN5O2S2. The Bertz CT molecular complexity index is 1710. The van der Waals surface area contributed by atoms with E-state index >= 15 is 4.39 Å². The molecule has 1 unspecified atom stereocenters. The first-order chi connectivity index (χ1) is 20.0. The van der Waals surface area contributed by atoms with Crippen molar-refractivity contribution in [2.75, 3.05) is 17.2 Å². The molecule has 1 aliphatic heterocycles. The Kier molecular flexibility index (Phi) is 7.67. The summed E-state index contributed by atoms with van der Waals surface area (Å²) >= 11 is 2.87. The topological polar surface area (TPSA) is 80.1 Å². The van der Waals surface area contributed by atoms with Crippen molar-refractivity contribution >= 4 is 40.7 Å². The van der Waals surface area contributed by atoms with Crippen LogP contribution in [-0.4, -0.2) is 38.9 Å². The summed E-state index contributed by atoms with van der Waals surface area (Å²) in [5.74, 6) is -0.404. The number of nitrogens with one attached hydrogen (secondary N) is 1. The van der Waals surface area contributed by atoms with Gasteiger partial charge in [-0.1, -0.05) is 48.5 Å². The van der Waals surface area contributed by atoms with Crippen molar-refractivity contribution in [1.29, 1.82) is 0 Å². The van der Waals surface area contributed by atoms with Crippen LogP contribution >= 0.6 is 23.1 Å². The molecule has 0 radical (unpaired) electrons. The average molecular weight is 584 g/mol. The van der Waals surface area contributed by atoms with E-state index in [0.29, 0.717) is 28.3 Å². The molecule has 5 aromatic rings. The molecule has 2 amide bonds. The monoisotopic (exact) mass is 583 g/mol. The number of nitrogens with zero attached hydrogens (tertiary/aromatic N) is 4. The van der Waals surface area contributed by atoms with Crippen molar-refractivity contribution in [3.05, 3.63) is 119 Å². The third-order valence-electron chi connectivity index (χ3n) is 6.87. The molecule has 10 heteroatoms. The number of carbonyl (C=O) groups excluding carboxylic acids is 2. The maximum atomic E-state index is 15.3. The molecule has 0 aliphatic carbocycles. The molecule has 0 spiro atoms. The van der Waals surface area contributed by atoms with Gasteiger partial charge < -0.3 is 5.32 Å². The van der Waals surface area contributed by atoms with Crippen molar-refractivity contribution < 1.29 is 14.0 Å². The molecule has 0 fully saturated rings. The van der Waals surface area contributed by atoms with Gasteiger partial charge in [0.2, 0.25) is 11.8 Å². The van der Waals surface area contributed by atoms with Crippen LogP contribution in [0.4, 0.5) is 10.2 Å². The summed E-state index contributed by atoms with van der Waals surface area (Å²) in [6.45, 7) is 1.99. The lowest BCUT2D eigenvalue weighted by Gasteiger charge is -2.23. The largest absolute Gasteiger partial charge is 0.349 e.